The van der Waals surface area contributed by atoms with Gasteiger partial charge in [0.05, 0.1) is 42.3 Å². The summed E-state index contributed by atoms with van der Waals surface area (Å²) >= 11 is 0. The van der Waals surface area contributed by atoms with Crippen LogP contribution < -0.4 is 15.8 Å². The quantitative estimate of drug-likeness (QED) is 0.102. The van der Waals surface area contributed by atoms with Crippen molar-refractivity contribution in [3.8, 4) is 0 Å². The van der Waals surface area contributed by atoms with Gasteiger partial charge in [0.25, 0.3) is 0 Å². The Morgan fingerprint density at radius 3 is 2.47 bits per heavy atom. The van der Waals surface area contributed by atoms with E-state index < -0.39 is 46.0 Å². The smallest absolute Gasteiger partial charge is 0.303 e. The highest BCUT2D eigenvalue weighted by Crippen LogP contribution is 2.43. The molecule has 3 saturated heterocycles. The normalized spacial score (nSPS) is 31.1. The van der Waals surface area contributed by atoms with Crippen LogP contribution in [0.5, 0.6) is 0 Å². The van der Waals surface area contributed by atoms with Crippen molar-refractivity contribution in [1.29, 1.82) is 0 Å². The Morgan fingerprint density at radius 1 is 1.14 bits per heavy atom. The van der Waals surface area contributed by atoms with Gasteiger partial charge in [-0.3, -0.25) is 14.4 Å². The number of aliphatic hydroxyl groups is 1. The van der Waals surface area contributed by atoms with Crippen LogP contribution in [0.3, 0.4) is 0 Å². The van der Waals surface area contributed by atoms with Crippen LogP contribution in [0.1, 0.15) is 65.9 Å². The van der Waals surface area contributed by atoms with Crippen LogP contribution in [-0.4, -0.2) is 86.2 Å². The maximum atomic E-state index is 12.8. The lowest BCUT2D eigenvalue weighted by molar-refractivity contribution is -0.145. The number of nitrogens with two attached hydrogens (primary N) is 1. The molecule has 9 atom stereocenters. The van der Waals surface area contributed by atoms with Gasteiger partial charge in [-0.25, -0.2) is 13.6 Å². The predicted octanol–water partition coefficient (Wildman–Crippen LogP) is 2.33. The number of rotatable bonds is 13. The lowest BCUT2D eigenvalue weighted by Crippen LogP contribution is -2.50. The average Bonchev–Trinajstić information content (AvgIpc) is 3.80. The molecular weight excluding hydrogens is 654 g/mol. The Hall–Kier alpha value is -3.40. The minimum absolute atomic E-state index is 0.00218. The van der Waals surface area contributed by atoms with Crippen LogP contribution in [0.15, 0.2) is 65.1 Å². The summed E-state index contributed by atoms with van der Waals surface area (Å²) in [5.74, 6) is -0.738. The van der Waals surface area contributed by atoms with E-state index >= 15 is 0 Å². The van der Waals surface area contributed by atoms with Gasteiger partial charge in [0.1, 0.15) is 23.9 Å². The van der Waals surface area contributed by atoms with E-state index in [9.17, 15) is 27.9 Å². The number of carbonyl (C=O) groups excluding carboxylic acids is 3. The van der Waals surface area contributed by atoms with Gasteiger partial charge < -0.3 is 34.7 Å². The monoisotopic (exact) mass is 703 g/mol. The first kappa shape index (κ1) is 38.4. The first-order valence-electron chi connectivity index (χ1n) is 16.6. The molecule has 5 N–H and O–H groups in total. The molecule has 0 aliphatic carbocycles. The fourth-order valence-electron chi connectivity index (χ4n) is 6.16. The van der Waals surface area contributed by atoms with Crippen LogP contribution in [-0.2, 0) is 49.9 Å². The standard InChI is InChI=1S/C35H49N3O10S/c1-21(6-13-30-22(2)16-29(24(4)47-30)38-32(40)15-8-23(3)46-25(5)39)7-14-31-34(42)35(20-45-35)18-27(48-31)17-33(41)37-19-26-9-11-28(12-10-26)49(36,43)44/h6-12,14-15,22-24,27,29-31,34,42H,13,16-20H2,1-5H3,(H,37,41)(H,38,40)(H2,36,43,44)/t22-,23-,24+,27+,29+,30-,31+,34+,35+/m0/s1. The van der Waals surface area contributed by atoms with Crippen molar-refractivity contribution in [3.05, 3.63) is 65.8 Å². The van der Waals surface area contributed by atoms with Crippen molar-refractivity contribution < 1.29 is 46.9 Å². The van der Waals surface area contributed by atoms with Gasteiger partial charge in [0.2, 0.25) is 21.8 Å². The molecule has 0 saturated carbocycles. The maximum absolute atomic E-state index is 12.8. The van der Waals surface area contributed by atoms with E-state index in [4.69, 9.17) is 24.1 Å². The Bertz CT molecular complexity index is 1540. The van der Waals surface area contributed by atoms with Gasteiger partial charge in [-0.2, -0.15) is 0 Å². The number of aliphatic hydroxyl groups excluding tert-OH is 1. The molecule has 1 aromatic rings. The number of hydrogen-bond donors (Lipinski definition) is 4. The molecule has 14 heteroatoms. The van der Waals surface area contributed by atoms with E-state index in [1.807, 2.05) is 19.9 Å². The molecule has 3 fully saturated rings. The molecule has 13 nitrogen and oxygen atoms in total. The number of primary sulfonamides is 1. The first-order valence-corrected chi connectivity index (χ1v) is 18.1. The molecule has 2 amide bonds. The number of amides is 2. The lowest BCUT2D eigenvalue weighted by Gasteiger charge is -2.39. The molecule has 3 aliphatic heterocycles. The summed E-state index contributed by atoms with van der Waals surface area (Å²) in [5, 5.41) is 21.9. The van der Waals surface area contributed by atoms with Crippen LogP contribution >= 0.6 is 0 Å². The number of hydrogen-bond acceptors (Lipinski definition) is 10. The van der Waals surface area contributed by atoms with Gasteiger partial charge in [-0.1, -0.05) is 42.9 Å². The number of esters is 1. The summed E-state index contributed by atoms with van der Waals surface area (Å²) < 4.78 is 46.0. The molecule has 270 valence electrons. The number of sulfonamides is 1. The zero-order valence-corrected chi connectivity index (χ0v) is 29.5. The number of ether oxygens (including phenoxy) is 4. The number of nitrogens with one attached hydrogen (secondary N) is 2. The van der Waals surface area contributed by atoms with Gasteiger partial charge >= 0.3 is 5.97 Å². The molecule has 0 unspecified atom stereocenters. The number of benzene rings is 1. The van der Waals surface area contributed by atoms with Crippen molar-refractivity contribution in [2.75, 3.05) is 6.61 Å². The largest absolute Gasteiger partial charge is 0.459 e. The molecule has 1 spiro atoms. The molecule has 1 aromatic carbocycles. The molecule has 4 rings (SSSR count). The van der Waals surface area contributed by atoms with E-state index in [1.165, 1.54) is 31.2 Å². The van der Waals surface area contributed by atoms with Gasteiger partial charge in [0, 0.05) is 26.0 Å². The van der Waals surface area contributed by atoms with E-state index in [0.717, 1.165) is 17.6 Å². The average molecular weight is 704 g/mol. The molecular formula is C35H49N3O10S. The molecule has 3 heterocycles. The summed E-state index contributed by atoms with van der Waals surface area (Å²) in [4.78, 5) is 36.2. The first-order chi connectivity index (χ1) is 23.0. The minimum Gasteiger partial charge on any atom is -0.459 e. The van der Waals surface area contributed by atoms with Gasteiger partial charge in [-0.15, -0.1) is 0 Å². The second-order valence-electron chi connectivity index (χ2n) is 13.3. The second kappa shape index (κ2) is 16.5. The summed E-state index contributed by atoms with van der Waals surface area (Å²) in [7, 11) is -3.79. The highest BCUT2D eigenvalue weighted by atomic mass is 32.2. The number of allylic oxidation sites excluding steroid dienone is 2. The summed E-state index contributed by atoms with van der Waals surface area (Å²) in [6.45, 7) is 9.59. The Kier molecular flexibility index (Phi) is 13.0. The highest BCUT2D eigenvalue weighted by molar-refractivity contribution is 7.89. The van der Waals surface area contributed by atoms with E-state index in [0.29, 0.717) is 19.4 Å². The SMILES string of the molecule is CC(=O)O[C@@H](C)C=CC(=O)N[C@@H]1C[C@H](C)[C@H](CC=C(C)C=C[C@H]2O[C@H](CC(=O)NCc3ccc(S(N)(=O)=O)cc3)C[C@@]3(CO3)[C@@H]2O)O[C@@H]1C. The number of carbonyl (C=O) groups is 3. The third kappa shape index (κ3) is 11.3. The fourth-order valence-corrected chi connectivity index (χ4v) is 6.68. The third-order valence-electron chi connectivity index (χ3n) is 9.08. The zero-order valence-electron chi connectivity index (χ0n) is 28.7. The van der Waals surface area contributed by atoms with E-state index in [2.05, 4.69) is 23.6 Å². The zero-order chi connectivity index (χ0) is 35.9. The van der Waals surface area contributed by atoms with Crippen molar-refractivity contribution in [3.63, 3.8) is 0 Å². The van der Waals surface area contributed by atoms with E-state index in [-0.39, 0.29) is 53.8 Å². The van der Waals surface area contributed by atoms with Crippen molar-refractivity contribution in [2.24, 2.45) is 11.1 Å². The highest BCUT2D eigenvalue weighted by Gasteiger charge is 2.58. The predicted molar refractivity (Wildman–Crippen MR) is 180 cm³/mol. The molecule has 0 aromatic heterocycles. The van der Waals surface area contributed by atoms with Crippen molar-refractivity contribution in [1.82, 2.24) is 10.6 Å². The van der Waals surface area contributed by atoms with Crippen LogP contribution in [0.25, 0.3) is 0 Å². The van der Waals surface area contributed by atoms with E-state index in [1.54, 1.807) is 25.1 Å². The Labute approximate surface area is 288 Å². The topological polar surface area (TPSA) is 196 Å². The fraction of sp³-hybridized carbons (Fsp3) is 0.571. The van der Waals surface area contributed by atoms with Gasteiger partial charge in [0.15, 0.2) is 0 Å². The molecule has 0 bridgehead atoms. The van der Waals surface area contributed by atoms with Crippen LogP contribution in [0.4, 0.5) is 0 Å². The Balaban J connectivity index is 1.25. The molecule has 0 radical (unpaired) electrons. The molecule has 3 aliphatic rings. The third-order valence-corrected chi connectivity index (χ3v) is 10.0. The number of epoxide rings is 1. The van der Waals surface area contributed by atoms with Crippen LogP contribution in [0.2, 0.25) is 0 Å². The summed E-state index contributed by atoms with van der Waals surface area (Å²) in [6, 6.07) is 5.81. The Morgan fingerprint density at radius 2 is 1.84 bits per heavy atom. The van der Waals surface area contributed by atoms with Gasteiger partial charge in [-0.05, 0) is 63.3 Å². The molecule has 49 heavy (non-hydrogen) atoms. The summed E-state index contributed by atoms with van der Waals surface area (Å²) in [5.41, 5.74) is 0.945. The van der Waals surface area contributed by atoms with Crippen molar-refractivity contribution >= 4 is 27.8 Å². The maximum Gasteiger partial charge on any atom is 0.303 e. The minimum atomic E-state index is -3.79. The second-order valence-corrected chi connectivity index (χ2v) is 14.9. The lowest BCUT2D eigenvalue weighted by atomic mass is 9.87. The van der Waals surface area contributed by atoms with Crippen molar-refractivity contribution in [2.45, 2.75) is 120 Å². The van der Waals surface area contributed by atoms with Crippen LogP contribution in [0, 0.1) is 5.92 Å². The summed E-state index contributed by atoms with van der Waals surface area (Å²) in [6.07, 6.45) is 7.82.